The number of aryl methyl sites for hydroxylation is 2. The van der Waals surface area contributed by atoms with Gasteiger partial charge >= 0.3 is 0 Å². The van der Waals surface area contributed by atoms with Crippen molar-refractivity contribution >= 4 is 10.8 Å². The first-order valence-corrected chi connectivity index (χ1v) is 11.2. The summed E-state index contributed by atoms with van der Waals surface area (Å²) >= 11 is 0. The first kappa shape index (κ1) is 21.0. The molecular formula is C27H29F3. The Morgan fingerprint density at radius 3 is 2.13 bits per heavy atom. The summed E-state index contributed by atoms with van der Waals surface area (Å²) in [5.41, 5.74) is 3.70. The Kier molecular flexibility index (Phi) is 6.46. The van der Waals surface area contributed by atoms with Crippen LogP contribution in [0.15, 0.2) is 48.5 Å². The molecule has 3 aromatic carbocycles. The van der Waals surface area contributed by atoms with Crippen LogP contribution in [0.25, 0.3) is 10.8 Å². The molecule has 3 heteroatoms. The smallest absolute Gasteiger partial charge is 0.195 e. The lowest BCUT2D eigenvalue weighted by Crippen LogP contribution is -2.13. The molecule has 0 amide bonds. The minimum atomic E-state index is -1.41. The van der Waals surface area contributed by atoms with Crippen molar-refractivity contribution < 1.29 is 13.2 Å². The maximum Gasteiger partial charge on any atom is 0.195 e. The molecule has 0 atom stereocenters. The largest absolute Gasteiger partial charge is 0.204 e. The molecule has 0 unspecified atom stereocenters. The van der Waals surface area contributed by atoms with Gasteiger partial charge in [0.1, 0.15) is 0 Å². The van der Waals surface area contributed by atoms with Crippen LogP contribution in [0.1, 0.15) is 68.1 Å². The molecule has 0 bridgehead atoms. The van der Waals surface area contributed by atoms with Gasteiger partial charge in [-0.2, -0.15) is 0 Å². The van der Waals surface area contributed by atoms with Crippen LogP contribution in [0.3, 0.4) is 0 Å². The molecule has 4 rings (SSSR count). The Morgan fingerprint density at radius 2 is 1.43 bits per heavy atom. The molecule has 1 aliphatic rings. The fourth-order valence-electron chi connectivity index (χ4n) is 4.95. The molecular weight excluding hydrogens is 381 g/mol. The molecule has 0 radical (unpaired) electrons. The standard InChI is InChI=1S/C27H29F3/c1-2-3-18-6-11-21(12-7-18)22-13-8-19(9-14-22)4-5-20-10-15-24-23(16-20)17-25(28)27(30)26(24)29/h8-10,13-18,21H,2-7,11-12H2,1H3. The maximum atomic E-state index is 13.9. The Balaban J connectivity index is 1.38. The zero-order valence-electron chi connectivity index (χ0n) is 17.6. The van der Waals surface area contributed by atoms with E-state index in [-0.39, 0.29) is 5.39 Å². The van der Waals surface area contributed by atoms with Gasteiger partial charge in [-0.1, -0.05) is 62.2 Å². The molecule has 0 aliphatic heterocycles. The van der Waals surface area contributed by atoms with E-state index in [4.69, 9.17) is 0 Å². The number of fused-ring (bicyclic) bond motifs is 1. The Labute approximate surface area is 177 Å². The van der Waals surface area contributed by atoms with E-state index in [0.717, 1.165) is 30.4 Å². The second-order valence-electron chi connectivity index (χ2n) is 8.79. The highest BCUT2D eigenvalue weighted by Crippen LogP contribution is 2.37. The van der Waals surface area contributed by atoms with Crippen LogP contribution in [0, 0.1) is 23.4 Å². The Morgan fingerprint density at radius 1 is 0.767 bits per heavy atom. The van der Waals surface area contributed by atoms with Crippen LogP contribution in [0.5, 0.6) is 0 Å². The average Bonchev–Trinajstić information content (AvgIpc) is 2.77. The van der Waals surface area contributed by atoms with Crippen LogP contribution >= 0.6 is 0 Å². The third-order valence-electron chi connectivity index (χ3n) is 6.73. The number of halogens is 3. The van der Waals surface area contributed by atoms with Crippen molar-refractivity contribution in [1.29, 1.82) is 0 Å². The summed E-state index contributed by atoms with van der Waals surface area (Å²) in [7, 11) is 0. The van der Waals surface area contributed by atoms with E-state index in [1.54, 1.807) is 18.2 Å². The van der Waals surface area contributed by atoms with Gasteiger partial charge in [-0.25, -0.2) is 13.2 Å². The molecule has 0 saturated heterocycles. The maximum absolute atomic E-state index is 13.9. The number of benzene rings is 3. The highest BCUT2D eigenvalue weighted by Gasteiger charge is 2.21. The fraction of sp³-hybridized carbons (Fsp3) is 0.407. The Bertz CT molecular complexity index is 999. The van der Waals surface area contributed by atoms with Gasteiger partial charge in [0.15, 0.2) is 17.5 Å². The number of rotatable bonds is 6. The summed E-state index contributed by atoms with van der Waals surface area (Å²) in [6.07, 6.45) is 9.61. The van der Waals surface area contributed by atoms with E-state index in [2.05, 4.69) is 31.2 Å². The second kappa shape index (κ2) is 9.24. The third kappa shape index (κ3) is 4.55. The molecule has 1 fully saturated rings. The molecule has 158 valence electrons. The SMILES string of the molecule is CCCC1CCC(c2ccc(CCc3ccc4c(F)c(F)c(F)cc4c3)cc2)CC1. The first-order valence-electron chi connectivity index (χ1n) is 11.2. The van der Waals surface area contributed by atoms with Crippen molar-refractivity contribution in [2.75, 3.05) is 0 Å². The van der Waals surface area contributed by atoms with Crippen molar-refractivity contribution in [3.63, 3.8) is 0 Å². The third-order valence-corrected chi connectivity index (χ3v) is 6.73. The van der Waals surface area contributed by atoms with E-state index >= 15 is 0 Å². The van der Waals surface area contributed by atoms with E-state index in [1.807, 2.05) is 0 Å². The van der Waals surface area contributed by atoms with Crippen molar-refractivity contribution in [1.82, 2.24) is 0 Å². The summed E-state index contributed by atoms with van der Waals surface area (Å²) in [4.78, 5) is 0. The summed E-state index contributed by atoms with van der Waals surface area (Å²) in [6, 6.07) is 15.1. The van der Waals surface area contributed by atoms with Gasteiger partial charge in [0, 0.05) is 5.39 Å². The van der Waals surface area contributed by atoms with Crippen LogP contribution in [-0.2, 0) is 12.8 Å². The summed E-state index contributed by atoms with van der Waals surface area (Å²) in [6.45, 7) is 2.28. The fourth-order valence-corrected chi connectivity index (χ4v) is 4.95. The minimum Gasteiger partial charge on any atom is -0.204 e. The predicted octanol–water partition coefficient (Wildman–Crippen LogP) is 8.12. The van der Waals surface area contributed by atoms with Gasteiger partial charge in [-0.05, 0) is 78.5 Å². The molecule has 0 heterocycles. The average molecular weight is 411 g/mol. The van der Waals surface area contributed by atoms with E-state index in [9.17, 15) is 13.2 Å². The lowest BCUT2D eigenvalue weighted by molar-refractivity contribution is 0.308. The highest BCUT2D eigenvalue weighted by atomic mass is 19.2. The summed E-state index contributed by atoms with van der Waals surface area (Å²) < 4.78 is 40.8. The summed E-state index contributed by atoms with van der Waals surface area (Å²) in [5.74, 6) is -2.05. The minimum absolute atomic E-state index is 0.121. The molecule has 1 aliphatic carbocycles. The van der Waals surface area contributed by atoms with Crippen molar-refractivity contribution in [3.05, 3.63) is 82.7 Å². The molecule has 0 aromatic heterocycles. The van der Waals surface area contributed by atoms with Crippen molar-refractivity contribution in [2.24, 2.45) is 5.92 Å². The van der Waals surface area contributed by atoms with Crippen molar-refractivity contribution in [2.45, 2.75) is 64.2 Å². The number of hydrogen-bond acceptors (Lipinski definition) is 0. The molecule has 1 saturated carbocycles. The van der Waals surface area contributed by atoms with Gasteiger partial charge in [-0.15, -0.1) is 0 Å². The van der Waals surface area contributed by atoms with E-state index < -0.39 is 17.5 Å². The zero-order valence-corrected chi connectivity index (χ0v) is 17.6. The Hall–Kier alpha value is -2.29. The molecule has 3 aromatic rings. The molecule has 30 heavy (non-hydrogen) atoms. The molecule has 0 nitrogen and oxygen atoms in total. The monoisotopic (exact) mass is 410 g/mol. The van der Waals surface area contributed by atoms with Crippen LogP contribution in [0.2, 0.25) is 0 Å². The second-order valence-corrected chi connectivity index (χ2v) is 8.79. The van der Waals surface area contributed by atoms with Crippen molar-refractivity contribution in [3.8, 4) is 0 Å². The normalized spacial score (nSPS) is 19.3. The van der Waals surface area contributed by atoms with Crippen LogP contribution in [-0.4, -0.2) is 0 Å². The quantitative estimate of drug-likeness (QED) is 0.360. The van der Waals surface area contributed by atoms with Gasteiger partial charge in [0.25, 0.3) is 0 Å². The first-order chi connectivity index (χ1) is 14.5. The van der Waals surface area contributed by atoms with Gasteiger partial charge in [0.2, 0.25) is 0 Å². The van der Waals surface area contributed by atoms with E-state index in [1.165, 1.54) is 49.7 Å². The van der Waals surface area contributed by atoms with Crippen LogP contribution < -0.4 is 0 Å². The zero-order chi connectivity index (χ0) is 21.1. The van der Waals surface area contributed by atoms with Crippen LogP contribution in [0.4, 0.5) is 13.2 Å². The number of hydrogen-bond donors (Lipinski definition) is 0. The van der Waals surface area contributed by atoms with E-state index in [0.29, 0.717) is 11.3 Å². The lowest BCUT2D eigenvalue weighted by Gasteiger charge is -2.28. The molecule has 0 N–H and O–H groups in total. The molecule has 0 spiro atoms. The van der Waals surface area contributed by atoms with Gasteiger partial charge < -0.3 is 0 Å². The summed E-state index contributed by atoms with van der Waals surface area (Å²) in [5, 5.41) is 0.522. The lowest BCUT2D eigenvalue weighted by atomic mass is 9.77. The predicted molar refractivity (Wildman–Crippen MR) is 117 cm³/mol. The van der Waals surface area contributed by atoms with Gasteiger partial charge in [0.05, 0.1) is 0 Å². The highest BCUT2D eigenvalue weighted by molar-refractivity contribution is 5.84. The topological polar surface area (TPSA) is 0 Å². The van der Waals surface area contributed by atoms with Gasteiger partial charge in [-0.3, -0.25) is 0 Å².